The third-order valence-corrected chi connectivity index (χ3v) is 17.5. The summed E-state index contributed by atoms with van der Waals surface area (Å²) in [5, 5.41) is 8.59. The second-order valence-corrected chi connectivity index (χ2v) is 20.1. The van der Waals surface area contributed by atoms with Crippen LogP contribution in [0.2, 0.25) is 36.3 Å². The van der Waals surface area contributed by atoms with E-state index in [1.807, 2.05) is 13.0 Å². The fraction of sp³-hybridized carbons (Fsp3) is 0.630. The van der Waals surface area contributed by atoms with E-state index >= 15 is 0 Å². The van der Waals surface area contributed by atoms with Crippen LogP contribution in [0.3, 0.4) is 0 Å². The van der Waals surface area contributed by atoms with E-state index in [2.05, 4.69) is 64.5 Å². The monoisotopic (exact) mass is 522 g/mol. The molecule has 192 valence electrons. The van der Waals surface area contributed by atoms with Gasteiger partial charge >= 0.3 is 0 Å². The smallest absolute Gasteiger partial charge is 0.294 e. The molecule has 0 spiro atoms. The van der Waals surface area contributed by atoms with Crippen LogP contribution in [0.1, 0.15) is 65.5 Å². The third-order valence-electron chi connectivity index (χ3n) is 7.02. The first-order chi connectivity index (χ1) is 16.0. The van der Waals surface area contributed by atoms with Gasteiger partial charge in [-0.3, -0.25) is 4.55 Å². The average Bonchev–Trinajstić information content (AvgIpc) is 2.82. The van der Waals surface area contributed by atoms with Crippen LogP contribution in [0, 0.1) is 29.9 Å². The highest BCUT2D eigenvalue weighted by atomic mass is 32.2. The van der Waals surface area contributed by atoms with Gasteiger partial charge in [0.1, 0.15) is 16.1 Å². The first kappa shape index (κ1) is 32.6. The number of aliphatic hydroxyl groups excluding tert-OH is 1. The Morgan fingerprint density at radius 2 is 1.24 bits per heavy atom. The Balaban J connectivity index is 0.000000770. The summed E-state index contributed by atoms with van der Waals surface area (Å²) < 4.78 is 32.1. The summed E-state index contributed by atoms with van der Waals surface area (Å²) >= 11 is 0. The molecular weight excluding hydrogens is 477 g/mol. The topological polar surface area (TPSA) is 74.6 Å². The van der Waals surface area contributed by atoms with Crippen molar-refractivity contribution in [2.45, 2.75) is 109 Å². The second kappa shape index (κ2) is 16.3. The van der Waals surface area contributed by atoms with Gasteiger partial charge in [0.05, 0.1) is 11.5 Å². The van der Waals surface area contributed by atoms with Crippen molar-refractivity contribution < 1.29 is 18.1 Å². The van der Waals surface area contributed by atoms with E-state index in [1.54, 1.807) is 6.07 Å². The van der Waals surface area contributed by atoms with E-state index < -0.39 is 26.3 Å². The Bertz CT molecular complexity index is 941. The highest BCUT2D eigenvalue weighted by Crippen LogP contribution is 2.21. The molecule has 0 aliphatic heterocycles. The summed E-state index contributed by atoms with van der Waals surface area (Å²) in [6.07, 6.45) is 1.82. The zero-order valence-corrected chi connectivity index (χ0v) is 25.2. The molecule has 4 nitrogen and oxygen atoms in total. The second-order valence-electron chi connectivity index (χ2n) is 8.85. The summed E-state index contributed by atoms with van der Waals surface area (Å²) in [5.74, 6) is 6.35. The zero-order chi connectivity index (χ0) is 26.3. The zero-order valence-electron chi connectivity index (χ0n) is 22.4. The highest BCUT2D eigenvalue weighted by Gasteiger charge is 2.24. The maximum Gasteiger partial charge on any atom is 0.294 e. The molecule has 0 amide bonds. The maximum atomic E-state index is 11.4. The molecule has 0 heterocycles. The SMILES string of the molecule is CC[Si](C#CCCO)(CC)CC.CC[Si](C#CCCc1cc(C)ccc1S(=O)(=O)O)(CC)CC. The van der Waals surface area contributed by atoms with Gasteiger partial charge in [-0.1, -0.05) is 59.2 Å². The normalized spacial score (nSPS) is 11.4. The van der Waals surface area contributed by atoms with Crippen molar-refractivity contribution >= 4 is 26.3 Å². The summed E-state index contributed by atoms with van der Waals surface area (Å²) in [5.41, 5.74) is 8.54. The van der Waals surface area contributed by atoms with Crippen LogP contribution in [-0.2, 0) is 16.5 Å². The van der Waals surface area contributed by atoms with Crippen LogP contribution in [0.25, 0.3) is 0 Å². The molecule has 34 heavy (non-hydrogen) atoms. The molecule has 0 radical (unpaired) electrons. The minimum absolute atomic E-state index is 0.00452. The number of benzene rings is 1. The average molecular weight is 523 g/mol. The first-order valence-corrected chi connectivity index (χ1v) is 19.4. The molecule has 1 aromatic rings. The van der Waals surface area contributed by atoms with Crippen molar-refractivity contribution in [3.63, 3.8) is 0 Å². The van der Waals surface area contributed by atoms with Gasteiger partial charge in [-0.2, -0.15) is 8.42 Å². The summed E-state index contributed by atoms with van der Waals surface area (Å²) in [7, 11) is -6.84. The molecule has 0 saturated heterocycles. The molecule has 0 fully saturated rings. The molecule has 7 heteroatoms. The number of hydrogen-bond donors (Lipinski definition) is 2. The Morgan fingerprint density at radius 3 is 1.62 bits per heavy atom. The lowest BCUT2D eigenvalue weighted by molar-refractivity contribution is 0.305. The van der Waals surface area contributed by atoms with Crippen LogP contribution in [-0.4, -0.2) is 40.8 Å². The van der Waals surface area contributed by atoms with Crippen molar-refractivity contribution in [2.24, 2.45) is 0 Å². The lowest BCUT2D eigenvalue weighted by Gasteiger charge is -2.20. The summed E-state index contributed by atoms with van der Waals surface area (Å²) in [6, 6.07) is 12.2. The minimum atomic E-state index is -4.17. The largest absolute Gasteiger partial charge is 0.395 e. The van der Waals surface area contributed by atoms with E-state index in [9.17, 15) is 13.0 Å². The van der Waals surface area contributed by atoms with E-state index in [1.165, 1.54) is 24.2 Å². The predicted octanol–water partition coefficient (Wildman–Crippen LogP) is 6.65. The lowest BCUT2D eigenvalue weighted by Crippen LogP contribution is -2.29. The van der Waals surface area contributed by atoms with Crippen LogP contribution < -0.4 is 0 Å². The number of aryl methyl sites for hydroxylation is 2. The number of hydrogen-bond acceptors (Lipinski definition) is 3. The summed E-state index contributed by atoms with van der Waals surface area (Å²) in [4.78, 5) is 0.00452. The van der Waals surface area contributed by atoms with Gasteiger partial charge in [-0.15, -0.1) is 22.9 Å². The van der Waals surface area contributed by atoms with Crippen molar-refractivity contribution in [1.29, 1.82) is 0 Å². The van der Waals surface area contributed by atoms with Gasteiger partial charge in [0, 0.05) is 12.8 Å². The van der Waals surface area contributed by atoms with Crippen molar-refractivity contribution in [1.82, 2.24) is 0 Å². The van der Waals surface area contributed by atoms with Gasteiger partial charge in [-0.05, 0) is 61.2 Å². The molecule has 2 N–H and O–H groups in total. The Hall–Kier alpha value is -1.36. The Kier molecular flexibility index (Phi) is 15.7. The van der Waals surface area contributed by atoms with Gasteiger partial charge < -0.3 is 5.11 Å². The van der Waals surface area contributed by atoms with Crippen LogP contribution in [0.15, 0.2) is 23.1 Å². The van der Waals surface area contributed by atoms with Gasteiger partial charge in [0.2, 0.25) is 0 Å². The Morgan fingerprint density at radius 1 is 0.794 bits per heavy atom. The van der Waals surface area contributed by atoms with Gasteiger partial charge in [0.25, 0.3) is 10.1 Å². The number of rotatable bonds is 10. The van der Waals surface area contributed by atoms with Crippen molar-refractivity contribution in [2.75, 3.05) is 6.61 Å². The van der Waals surface area contributed by atoms with Crippen LogP contribution in [0.4, 0.5) is 0 Å². The standard InChI is InChI=1S/C17H26O3SSi.C10H20OSi/c1-5-22(6-2,7-3)13-9-8-10-16-14-15(4)11-12-17(16)21(18,19)20;1-4-12(5-2,6-3)10-8-7-9-11/h11-12,14H,5-8,10H2,1-4H3,(H,18,19,20);11H,4-7,9H2,1-3H3. The molecule has 0 unspecified atom stereocenters. The molecule has 1 aromatic carbocycles. The Labute approximate surface area is 211 Å². The maximum absolute atomic E-state index is 11.4. The molecule has 0 aliphatic carbocycles. The lowest BCUT2D eigenvalue weighted by atomic mass is 10.1. The summed E-state index contributed by atoms with van der Waals surface area (Å²) in [6.45, 7) is 15.5. The van der Waals surface area contributed by atoms with E-state index in [0.717, 1.165) is 23.7 Å². The van der Waals surface area contributed by atoms with E-state index in [0.29, 0.717) is 24.8 Å². The van der Waals surface area contributed by atoms with Crippen molar-refractivity contribution in [3.8, 4) is 22.9 Å². The van der Waals surface area contributed by atoms with Crippen LogP contribution in [0.5, 0.6) is 0 Å². The van der Waals surface area contributed by atoms with Gasteiger partial charge in [0.15, 0.2) is 0 Å². The molecule has 1 rings (SSSR count). The molecule has 0 saturated carbocycles. The molecular formula is C27H46O4SSi2. The van der Waals surface area contributed by atoms with E-state index in [4.69, 9.17) is 5.11 Å². The highest BCUT2D eigenvalue weighted by molar-refractivity contribution is 7.85. The fourth-order valence-electron chi connectivity index (χ4n) is 3.94. The number of aliphatic hydroxyl groups is 1. The third kappa shape index (κ3) is 10.9. The molecule has 0 aliphatic rings. The minimum Gasteiger partial charge on any atom is -0.395 e. The molecule has 0 atom stereocenters. The first-order valence-electron chi connectivity index (χ1n) is 12.7. The van der Waals surface area contributed by atoms with E-state index in [-0.39, 0.29) is 11.5 Å². The molecule has 0 aromatic heterocycles. The quantitative estimate of drug-likeness (QED) is 0.205. The van der Waals surface area contributed by atoms with Gasteiger partial charge in [-0.25, -0.2) is 0 Å². The predicted molar refractivity (Wildman–Crippen MR) is 151 cm³/mol. The van der Waals surface area contributed by atoms with Crippen molar-refractivity contribution in [3.05, 3.63) is 29.3 Å². The fourth-order valence-corrected chi connectivity index (χ4v) is 9.73. The van der Waals surface area contributed by atoms with Crippen LogP contribution >= 0.6 is 0 Å². The molecule has 0 bridgehead atoms.